The highest BCUT2D eigenvalue weighted by molar-refractivity contribution is 6.31. The van der Waals surface area contributed by atoms with Gasteiger partial charge in [-0.1, -0.05) is 11.6 Å². The Labute approximate surface area is 125 Å². The van der Waals surface area contributed by atoms with Crippen LogP contribution in [0.5, 0.6) is 0 Å². The predicted molar refractivity (Wildman–Crippen MR) is 83.6 cm³/mol. The lowest BCUT2D eigenvalue weighted by Crippen LogP contribution is -2.41. The Balaban J connectivity index is 1.98. The van der Waals surface area contributed by atoms with E-state index in [2.05, 4.69) is 15.5 Å². The van der Waals surface area contributed by atoms with Gasteiger partial charge in [-0.05, 0) is 51.1 Å². The number of carbonyl (C=O) groups is 1. The molecule has 5 heteroatoms. The first kappa shape index (κ1) is 15.1. The molecule has 1 fully saturated rings. The minimum absolute atomic E-state index is 0.0800. The summed E-state index contributed by atoms with van der Waals surface area (Å²) in [6.45, 7) is 5.22. The average Bonchev–Trinajstić information content (AvgIpc) is 2.91. The van der Waals surface area contributed by atoms with Crippen LogP contribution in [0.25, 0.3) is 0 Å². The summed E-state index contributed by atoms with van der Waals surface area (Å²) < 4.78 is 0. The molecule has 4 nitrogen and oxygen atoms in total. The number of benzene rings is 1. The summed E-state index contributed by atoms with van der Waals surface area (Å²) in [5.74, 6) is -0.0800. The molecule has 0 bridgehead atoms. The monoisotopic (exact) mass is 295 g/mol. The Kier molecular flexibility index (Phi) is 5.26. The second-order valence-electron chi connectivity index (χ2n) is 5.32. The Morgan fingerprint density at radius 1 is 1.40 bits per heavy atom. The summed E-state index contributed by atoms with van der Waals surface area (Å²) in [4.78, 5) is 14.7. The van der Waals surface area contributed by atoms with Gasteiger partial charge in [0.25, 0.3) is 5.91 Å². The van der Waals surface area contributed by atoms with Gasteiger partial charge in [-0.2, -0.15) is 0 Å². The quantitative estimate of drug-likeness (QED) is 0.877. The van der Waals surface area contributed by atoms with Crippen LogP contribution >= 0.6 is 11.6 Å². The number of halogens is 1. The van der Waals surface area contributed by atoms with Crippen molar-refractivity contribution in [3.8, 4) is 0 Å². The van der Waals surface area contributed by atoms with Crippen molar-refractivity contribution in [2.45, 2.75) is 25.8 Å². The topological polar surface area (TPSA) is 44.4 Å². The Bertz CT molecular complexity index is 472. The van der Waals surface area contributed by atoms with Crippen LogP contribution in [-0.4, -0.2) is 43.5 Å². The molecule has 0 aromatic heterocycles. The first-order valence-electron chi connectivity index (χ1n) is 7.10. The van der Waals surface area contributed by atoms with E-state index in [1.54, 1.807) is 19.2 Å². The molecular weight excluding hydrogens is 274 g/mol. The zero-order valence-corrected chi connectivity index (χ0v) is 12.8. The van der Waals surface area contributed by atoms with Crippen molar-refractivity contribution in [3.05, 3.63) is 28.8 Å². The second-order valence-corrected chi connectivity index (χ2v) is 5.76. The lowest BCUT2D eigenvalue weighted by molar-refractivity contribution is 0.0932. The Hall–Kier alpha value is -1.26. The molecule has 2 N–H and O–H groups in total. The zero-order chi connectivity index (χ0) is 14.5. The molecule has 1 aromatic rings. The molecule has 20 heavy (non-hydrogen) atoms. The van der Waals surface area contributed by atoms with Crippen LogP contribution in [0.4, 0.5) is 5.69 Å². The minimum atomic E-state index is -0.0800. The molecule has 1 aliphatic heterocycles. The number of rotatable bonds is 5. The smallest absolute Gasteiger partial charge is 0.253 e. The van der Waals surface area contributed by atoms with Crippen molar-refractivity contribution in [1.29, 1.82) is 0 Å². The van der Waals surface area contributed by atoms with Gasteiger partial charge in [0.2, 0.25) is 0 Å². The fraction of sp³-hybridized carbons (Fsp3) is 0.533. The molecule has 0 spiro atoms. The molecule has 1 aromatic carbocycles. The Morgan fingerprint density at radius 2 is 2.10 bits per heavy atom. The van der Waals surface area contributed by atoms with Crippen LogP contribution in [0.2, 0.25) is 5.02 Å². The third kappa shape index (κ3) is 3.87. The molecule has 1 saturated heterocycles. The van der Waals surface area contributed by atoms with Crippen molar-refractivity contribution in [1.82, 2.24) is 10.2 Å². The van der Waals surface area contributed by atoms with E-state index in [0.717, 1.165) is 25.3 Å². The van der Waals surface area contributed by atoms with Crippen LogP contribution in [0.3, 0.4) is 0 Å². The maximum atomic E-state index is 12.3. The van der Waals surface area contributed by atoms with Crippen molar-refractivity contribution >= 4 is 23.2 Å². The number of anilines is 1. The van der Waals surface area contributed by atoms with E-state index in [4.69, 9.17) is 11.6 Å². The van der Waals surface area contributed by atoms with Gasteiger partial charge in [0.15, 0.2) is 0 Å². The summed E-state index contributed by atoms with van der Waals surface area (Å²) in [7, 11) is 1.80. The van der Waals surface area contributed by atoms with Gasteiger partial charge in [0, 0.05) is 30.3 Å². The van der Waals surface area contributed by atoms with E-state index in [9.17, 15) is 4.79 Å². The number of hydrogen-bond acceptors (Lipinski definition) is 3. The third-order valence-corrected chi connectivity index (χ3v) is 3.84. The number of carbonyl (C=O) groups excluding carboxylic acids is 1. The van der Waals surface area contributed by atoms with Crippen molar-refractivity contribution in [2.24, 2.45) is 0 Å². The van der Waals surface area contributed by atoms with E-state index in [0.29, 0.717) is 10.6 Å². The number of amides is 1. The number of nitrogens with one attached hydrogen (secondary N) is 2. The van der Waals surface area contributed by atoms with Gasteiger partial charge in [-0.3, -0.25) is 4.79 Å². The average molecular weight is 296 g/mol. The van der Waals surface area contributed by atoms with Gasteiger partial charge < -0.3 is 15.5 Å². The molecule has 2 rings (SSSR count). The summed E-state index contributed by atoms with van der Waals surface area (Å²) in [5.41, 5.74) is 1.38. The van der Waals surface area contributed by atoms with Crippen LogP contribution in [0.15, 0.2) is 18.2 Å². The van der Waals surface area contributed by atoms with Gasteiger partial charge in [0.1, 0.15) is 0 Å². The maximum absolute atomic E-state index is 12.3. The van der Waals surface area contributed by atoms with Crippen LogP contribution < -0.4 is 10.6 Å². The van der Waals surface area contributed by atoms with Crippen LogP contribution in [0, 0.1) is 0 Å². The first-order valence-corrected chi connectivity index (χ1v) is 7.48. The van der Waals surface area contributed by atoms with Crippen molar-refractivity contribution in [2.75, 3.05) is 32.0 Å². The zero-order valence-electron chi connectivity index (χ0n) is 12.1. The molecular formula is C15H22ClN3O. The second kappa shape index (κ2) is 6.95. The molecule has 0 saturated carbocycles. The van der Waals surface area contributed by atoms with Crippen molar-refractivity contribution < 1.29 is 4.79 Å². The predicted octanol–water partition coefficient (Wildman–Crippen LogP) is 2.60. The molecule has 1 atom stereocenters. The fourth-order valence-corrected chi connectivity index (χ4v) is 2.79. The van der Waals surface area contributed by atoms with Crippen LogP contribution in [-0.2, 0) is 0 Å². The summed E-state index contributed by atoms with van der Waals surface area (Å²) in [6.07, 6.45) is 2.53. The molecule has 110 valence electrons. The van der Waals surface area contributed by atoms with E-state index in [1.165, 1.54) is 12.8 Å². The lowest BCUT2D eigenvalue weighted by Gasteiger charge is -2.21. The molecule has 1 heterocycles. The molecule has 1 aliphatic rings. The van der Waals surface area contributed by atoms with Gasteiger partial charge in [0.05, 0.1) is 5.56 Å². The number of nitrogens with zero attached hydrogens (tertiary/aromatic N) is 1. The van der Waals surface area contributed by atoms with Crippen molar-refractivity contribution in [3.63, 3.8) is 0 Å². The highest BCUT2D eigenvalue weighted by atomic mass is 35.5. The molecule has 1 amide bonds. The molecule has 1 unspecified atom stereocenters. The standard InChI is InChI=1S/C15H22ClN3O/c1-11(10-19-7-3-4-8-19)18-15(20)13-9-12(16)5-6-14(13)17-2/h5-6,9,11,17H,3-4,7-8,10H2,1-2H3,(H,18,20). The van der Waals surface area contributed by atoms with E-state index in [-0.39, 0.29) is 11.9 Å². The summed E-state index contributed by atoms with van der Waals surface area (Å²) in [5, 5.41) is 6.64. The first-order chi connectivity index (χ1) is 9.60. The highest BCUT2D eigenvalue weighted by Gasteiger charge is 2.18. The lowest BCUT2D eigenvalue weighted by atomic mass is 10.1. The fourth-order valence-electron chi connectivity index (χ4n) is 2.62. The van der Waals surface area contributed by atoms with Crippen LogP contribution in [0.1, 0.15) is 30.1 Å². The van der Waals surface area contributed by atoms with Gasteiger partial charge in [-0.15, -0.1) is 0 Å². The normalized spacial score (nSPS) is 16.9. The Morgan fingerprint density at radius 3 is 2.75 bits per heavy atom. The largest absolute Gasteiger partial charge is 0.387 e. The molecule has 0 aliphatic carbocycles. The number of likely N-dealkylation sites (tertiary alicyclic amines) is 1. The highest BCUT2D eigenvalue weighted by Crippen LogP contribution is 2.20. The summed E-state index contributed by atoms with van der Waals surface area (Å²) in [6, 6.07) is 5.43. The van der Waals surface area contributed by atoms with E-state index < -0.39 is 0 Å². The third-order valence-electron chi connectivity index (χ3n) is 3.60. The maximum Gasteiger partial charge on any atom is 0.253 e. The van der Waals surface area contributed by atoms with Gasteiger partial charge in [-0.25, -0.2) is 0 Å². The summed E-state index contributed by atoms with van der Waals surface area (Å²) >= 11 is 5.98. The number of hydrogen-bond donors (Lipinski definition) is 2. The minimum Gasteiger partial charge on any atom is -0.387 e. The molecule has 0 radical (unpaired) electrons. The van der Waals surface area contributed by atoms with Gasteiger partial charge >= 0.3 is 0 Å². The SMILES string of the molecule is CNc1ccc(Cl)cc1C(=O)NC(C)CN1CCCC1. The van der Waals surface area contributed by atoms with E-state index in [1.807, 2.05) is 13.0 Å². The van der Waals surface area contributed by atoms with E-state index >= 15 is 0 Å².